The lowest BCUT2D eigenvalue weighted by molar-refractivity contribution is 0.163. The minimum Gasteiger partial charge on any atom is -0.493 e. The highest BCUT2D eigenvalue weighted by atomic mass is 35.7. The van der Waals surface area contributed by atoms with Crippen LogP contribution in [-0.2, 0) is 9.05 Å². The number of hydrogen-bond donors (Lipinski definition) is 0. The molecule has 0 radical (unpaired) electrons. The summed E-state index contributed by atoms with van der Waals surface area (Å²) in [5.41, 5.74) is 1.64. The summed E-state index contributed by atoms with van der Waals surface area (Å²) in [6.45, 7) is 10.0. The first-order valence-electron chi connectivity index (χ1n) is 6.72. The Morgan fingerprint density at radius 2 is 1.67 bits per heavy atom. The van der Waals surface area contributed by atoms with Crippen LogP contribution in [0.5, 0.6) is 5.75 Å². The van der Waals surface area contributed by atoms with E-state index in [1.54, 1.807) is 0 Å². The first-order valence-corrected chi connectivity index (χ1v) is 9.57. The summed E-state index contributed by atoms with van der Waals surface area (Å²) < 4.78 is 28.5. The molecule has 0 aliphatic heterocycles. The zero-order valence-electron chi connectivity index (χ0n) is 13.0. The largest absolute Gasteiger partial charge is 0.493 e. The summed E-state index contributed by atoms with van der Waals surface area (Å²) >= 11 is 6.12. The number of benzene rings is 1. The molecule has 0 amide bonds. The molecule has 0 aliphatic rings. The van der Waals surface area contributed by atoms with E-state index < -0.39 is 9.05 Å². The maximum Gasteiger partial charge on any atom is 0.233 e. The number of aryl methyl sites for hydroxylation is 2. The average Bonchev–Trinajstić information content (AvgIpc) is 2.28. The van der Waals surface area contributed by atoms with Crippen molar-refractivity contribution in [1.82, 2.24) is 0 Å². The molecule has 6 heteroatoms. The van der Waals surface area contributed by atoms with Crippen molar-refractivity contribution in [3.8, 4) is 5.75 Å². The van der Waals surface area contributed by atoms with Gasteiger partial charge in [0, 0.05) is 21.6 Å². The summed E-state index contributed by atoms with van der Waals surface area (Å²) in [5.74, 6) is 0.385. The molecule has 0 saturated heterocycles. The Bertz CT molecular complexity index is 581. The summed E-state index contributed by atoms with van der Waals surface area (Å²) in [6.07, 6.45) is 0. The van der Waals surface area contributed by atoms with Crippen LogP contribution >= 0.6 is 22.3 Å². The summed E-state index contributed by atoms with van der Waals surface area (Å²) in [4.78, 5) is 0. The van der Waals surface area contributed by atoms with Gasteiger partial charge >= 0.3 is 0 Å². The van der Waals surface area contributed by atoms with Crippen LogP contribution in [0, 0.1) is 25.2 Å². The molecule has 3 nitrogen and oxygen atoms in total. The van der Waals surface area contributed by atoms with Crippen molar-refractivity contribution in [2.24, 2.45) is 11.3 Å². The fraction of sp³-hybridized carbons (Fsp3) is 0.600. The van der Waals surface area contributed by atoms with Crippen molar-refractivity contribution in [2.45, 2.75) is 34.6 Å². The van der Waals surface area contributed by atoms with Crippen LogP contribution in [0.4, 0.5) is 0 Å². The van der Waals surface area contributed by atoms with E-state index in [4.69, 9.17) is 27.0 Å². The normalized spacial score (nSPS) is 14.0. The van der Waals surface area contributed by atoms with E-state index in [1.165, 1.54) is 0 Å². The quantitative estimate of drug-likeness (QED) is 0.729. The van der Waals surface area contributed by atoms with Gasteiger partial charge in [-0.2, -0.15) is 0 Å². The standard InChI is InChI=1S/C15H22Cl2O3S/c1-10-6-13(7-11(2)14(10)16)20-8-12(15(3,4)5)9-21(17,18)19/h6-7,12H,8-9H2,1-5H3. The van der Waals surface area contributed by atoms with E-state index in [0.717, 1.165) is 16.1 Å². The molecular formula is C15H22Cl2O3S. The molecule has 0 N–H and O–H groups in total. The molecule has 0 bridgehead atoms. The number of rotatable bonds is 5. The van der Waals surface area contributed by atoms with Gasteiger partial charge in [0.15, 0.2) is 0 Å². The van der Waals surface area contributed by atoms with Gasteiger partial charge in [-0.25, -0.2) is 8.42 Å². The van der Waals surface area contributed by atoms with Crippen LogP contribution in [0.25, 0.3) is 0 Å². The lowest BCUT2D eigenvalue weighted by atomic mass is 9.82. The predicted molar refractivity (Wildman–Crippen MR) is 89.0 cm³/mol. The highest BCUT2D eigenvalue weighted by molar-refractivity contribution is 8.13. The molecule has 0 fully saturated rings. The van der Waals surface area contributed by atoms with E-state index in [9.17, 15) is 8.42 Å². The SMILES string of the molecule is Cc1cc(OCC(CS(=O)(=O)Cl)C(C)(C)C)cc(C)c1Cl. The monoisotopic (exact) mass is 352 g/mol. The third-order valence-electron chi connectivity index (χ3n) is 3.49. The molecule has 120 valence electrons. The molecular weight excluding hydrogens is 331 g/mol. The molecule has 0 spiro atoms. The average molecular weight is 353 g/mol. The molecule has 1 aromatic carbocycles. The van der Waals surface area contributed by atoms with E-state index in [1.807, 2.05) is 46.8 Å². The number of ether oxygens (including phenoxy) is 1. The Hall–Kier alpha value is -0.450. The maximum atomic E-state index is 11.3. The summed E-state index contributed by atoms with van der Waals surface area (Å²) in [7, 11) is 1.82. The highest BCUT2D eigenvalue weighted by Crippen LogP contribution is 2.30. The third-order valence-corrected chi connectivity index (χ3v) is 5.26. The molecule has 0 aromatic heterocycles. The Morgan fingerprint density at radius 3 is 2.05 bits per heavy atom. The van der Waals surface area contributed by atoms with Gasteiger partial charge in [0.1, 0.15) is 5.75 Å². The van der Waals surface area contributed by atoms with Crippen LogP contribution in [-0.4, -0.2) is 20.8 Å². The lowest BCUT2D eigenvalue weighted by Gasteiger charge is -2.29. The highest BCUT2D eigenvalue weighted by Gasteiger charge is 2.29. The minimum atomic E-state index is -3.56. The number of hydrogen-bond acceptors (Lipinski definition) is 3. The Kier molecular flexibility index (Phi) is 5.99. The van der Waals surface area contributed by atoms with Crippen molar-refractivity contribution >= 4 is 31.3 Å². The van der Waals surface area contributed by atoms with Crippen LogP contribution < -0.4 is 4.74 Å². The lowest BCUT2D eigenvalue weighted by Crippen LogP contribution is -2.31. The first-order chi connectivity index (χ1) is 9.40. The van der Waals surface area contributed by atoms with E-state index in [-0.39, 0.29) is 23.7 Å². The van der Waals surface area contributed by atoms with Crippen molar-refractivity contribution < 1.29 is 13.2 Å². The predicted octanol–water partition coefficient (Wildman–Crippen LogP) is 4.57. The van der Waals surface area contributed by atoms with E-state index in [2.05, 4.69) is 0 Å². The van der Waals surface area contributed by atoms with Crippen LogP contribution in [0.3, 0.4) is 0 Å². The summed E-state index contributed by atoms with van der Waals surface area (Å²) in [6, 6.07) is 3.70. The molecule has 0 heterocycles. The second-order valence-corrected chi connectivity index (χ2v) is 9.65. The van der Waals surface area contributed by atoms with Gasteiger partial charge in [0.25, 0.3) is 0 Å². The van der Waals surface area contributed by atoms with Gasteiger partial charge in [-0.05, 0) is 42.5 Å². The molecule has 1 aromatic rings. The van der Waals surface area contributed by atoms with Crippen LogP contribution in [0.15, 0.2) is 12.1 Å². The van der Waals surface area contributed by atoms with Crippen LogP contribution in [0.1, 0.15) is 31.9 Å². The van der Waals surface area contributed by atoms with Crippen molar-refractivity contribution in [3.05, 3.63) is 28.3 Å². The van der Waals surface area contributed by atoms with Gasteiger partial charge in [-0.1, -0.05) is 32.4 Å². The van der Waals surface area contributed by atoms with Crippen molar-refractivity contribution in [1.29, 1.82) is 0 Å². The Balaban J connectivity index is 2.87. The number of halogens is 2. The van der Waals surface area contributed by atoms with Crippen LogP contribution in [0.2, 0.25) is 5.02 Å². The van der Waals surface area contributed by atoms with Gasteiger partial charge in [0.2, 0.25) is 9.05 Å². The fourth-order valence-electron chi connectivity index (χ4n) is 1.97. The zero-order chi connectivity index (χ0) is 16.4. The van der Waals surface area contributed by atoms with Crippen molar-refractivity contribution in [3.63, 3.8) is 0 Å². The van der Waals surface area contributed by atoms with E-state index >= 15 is 0 Å². The molecule has 1 rings (SSSR count). The zero-order valence-corrected chi connectivity index (χ0v) is 15.4. The Labute approximate surface area is 137 Å². The molecule has 21 heavy (non-hydrogen) atoms. The fourth-order valence-corrected chi connectivity index (χ4v) is 3.62. The molecule has 0 aliphatic carbocycles. The first kappa shape index (κ1) is 18.6. The molecule has 1 atom stereocenters. The maximum absolute atomic E-state index is 11.3. The molecule has 1 unspecified atom stereocenters. The minimum absolute atomic E-state index is 0.108. The molecule has 0 saturated carbocycles. The van der Waals surface area contributed by atoms with E-state index in [0.29, 0.717) is 5.75 Å². The third kappa shape index (κ3) is 6.05. The second kappa shape index (κ2) is 6.76. The van der Waals surface area contributed by atoms with Gasteiger partial charge in [-0.15, -0.1) is 0 Å². The van der Waals surface area contributed by atoms with Gasteiger partial charge in [-0.3, -0.25) is 0 Å². The smallest absolute Gasteiger partial charge is 0.233 e. The summed E-state index contributed by atoms with van der Waals surface area (Å²) in [5, 5.41) is 0.720. The van der Waals surface area contributed by atoms with Crippen molar-refractivity contribution in [2.75, 3.05) is 12.4 Å². The topological polar surface area (TPSA) is 43.4 Å². The Morgan fingerprint density at radius 1 is 1.19 bits per heavy atom. The van der Waals surface area contributed by atoms with Gasteiger partial charge < -0.3 is 4.74 Å². The van der Waals surface area contributed by atoms with Gasteiger partial charge in [0.05, 0.1) is 12.4 Å². The second-order valence-electron chi connectivity index (χ2n) is 6.45.